The molecule has 3 heterocycles. The molecule has 10 heteroatoms. The first-order valence-electron chi connectivity index (χ1n) is 11.7. The van der Waals surface area contributed by atoms with Crippen molar-refractivity contribution >= 4 is 27.3 Å². The largest absolute Gasteiger partial charge is 0.483 e. The van der Waals surface area contributed by atoms with Gasteiger partial charge >= 0.3 is 0 Å². The van der Waals surface area contributed by atoms with Crippen LogP contribution in [0.15, 0.2) is 24.5 Å². The molecule has 1 unspecified atom stereocenters. The highest BCUT2D eigenvalue weighted by molar-refractivity contribution is 7.90. The van der Waals surface area contributed by atoms with Gasteiger partial charge < -0.3 is 14.5 Å². The zero-order valence-corrected chi connectivity index (χ0v) is 20.8. The third-order valence-electron chi connectivity index (χ3n) is 6.52. The van der Waals surface area contributed by atoms with Crippen molar-refractivity contribution in [3.05, 3.63) is 30.1 Å². The Morgan fingerprint density at radius 1 is 1.21 bits per heavy atom. The van der Waals surface area contributed by atoms with Gasteiger partial charge in [-0.25, -0.2) is 8.42 Å². The number of hydrogen-bond acceptors (Lipinski definition) is 6. The lowest BCUT2D eigenvalue weighted by atomic mass is 9.92. The Hall–Kier alpha value is -2.88. The van der Waals surface area contributed by atoms with Crippen LogP contribution < -0.4 is 9.64 Å². The third-order valence-corrected chi connectivity index (χ3v) is 7.45. The Bertz CT molecular complexity index is 1180. The molecular formula is C24H32N4O5S. The zero-order chi connectivity index (χ0) is 24.5. The molecule has 9 nitrogen and oxygen atoms in total. The number of fused-ring (bicyclic) bond motifs is 1. The van der Waals surface area contributed by atoms with Crippen molar-refractivity contribution < 1.29 is 22.7 Å². The van der Waals surface area contributed by atoms with Gasteiger partial charge in [0.15, 0.2) is 6.61 Å². The summed E-state index contributed by atoms with van der Waals surface area (Å²) in [6.07, 6.45) is 8.20. The van der Waals surface area contributed by atoms with E-state index in [4.69, 9.17) is 4.74 Å². The summed E-state index contributed by atoms with van der Waals surface area (Å²) in [5.41, 5.74) is 3.26. The van der Waals surface area contributed by atoms with Gasteiger partial charge in [-0.2, -0.15) is 5.10 Å². The molecule has 1 fully saturated rings. The van der Waals surface area contributed by atoms with Crippen molar-refractivity contribution in [2.24, 2.45) is 0 Å². The van der Waals surface area contributed by atoms with E-state index in [1.54, 1.807) is 28.9 Å². The van der Waals surface area contributed by atoms with E-state index in [1.807, 2.05) is 24.0 Å². The summed E-state index contributed by atoms with van der Waals surface area (Å²) < 4.78 is 30.9. The molecule has 4 rings (SSSR count). The second kappa shape index (κ2) is 9.77. The molecular weight excluding hydrogens is 456 g/mol. The maximum Gasteiger partial charge on any atom is 0.260 e. The Balaban J connectivity index is 1.69. The highest BCUT2D eigenvalue weighted by Crippen LogP contribution is 2.43. The summed E-state index contributed by atoms with van der Waals surface area (Å²) in [5, 5.41) is 4.32. The third kappa shape index (κ3) is 5.27. The number of carbonyl (C=O) groups excluding carboxylic acids is 2. The van der Waals surface area contributed by atoms with Crippen molar-refractivity contribution in [3.8, 4) is 16.9 Å². The van der Waals surface area contributed by atoms with E-state index in [1.165, 1.54) is 6.26 Å². The summed E-state index contributed by atoms with van der Waals surface area (Å²) in [7, 11) is -3.11. The molecule has 2 aromatic rings. The van der Waals surface area contributed by atoms with Gasteiger partial charge in [-0.05, 0) is 44.7 Å². The molecule has 1 atom stereocenters. The van der Waals surface area contributed by atoms with Crippen molar-refractivity contribution in [1.82, 2.24) is 14.7 Å². The SMILES string of the molecule is CC(=O)N1c2ccc(-c3cnn(CCS(C)(=O)=O)c3)c(OCC(=O)N3CCCC3)c2CCC1C. The molecule has 2 amide bonds. The van der Waals surface area contributed by atoms with E-state index in [2.05, 4.69) is 5.10 Å². The first-order chi connectivity index (χ1) is 16.1. The molecule has 0 N–H and O–H groups in total. The molecule has 2 aliphatic rings. The van der Waals surface area contributed by atoms with Gasteiger partial charge in [-0.3, -0.25) is 14.3 Å². The monoisotopic (exact) mass is 488 g/mol. The minimum absolute atomic E-state index is 0.00252. The molecule has 0 aliphatic carbocycles. The molecule has 0 bridgehead atoms. The minimum Gasteiger partial charge on any atom is -0.483 e. The number of likely N-dealkylation sites (tertiary alicyclic amines) is 1. The van der Waals surface area contributed by atoms with Crippen LogP contribution in [0.4, 0.5) is 5.69 Å². The number of nitrogens with zero attached hydrogens (tertiary/aromatic N) is 4. The van der Waals surface area contributed by atoms with Gasteiger partial charge in [0.1, 0.15) is 15.6 Å². The summed E-state index contributed by atoms with van der Waals surface area (Å²) in [6, 6.07) is 3.89. The van der Waals surface area contributed by atoms with Gasteiger partial charge in [0.05, 0.1) is 24.2 Å². The smallest absolute Gasteiger partial charge is 0.260 e. The first-order valence-corrected chi connectivity index (χ1v) is 13.8. The van der Waals surface area contributed by atoms with Crippen LogP contribution >= 0.6 is 0 Å². The zero-order valence-electron chi connectivity index (χ0n) is 20.0. The predicted molar refractivity (Wildman–Crippen MR) is 130 cm³/mol. The molecule has 0 saturated carbocycles. The Labute approximate surface area is 200 Å². The van der Waals surface area contributed by atoms with Gasteiger partial charge in [0.2, 0.25) is 5.91 Å². The Morgan fingerprint density at radius 2 is 1.94 bits per heavy atom. The second-order valence-corrected chi connectivity index (χ2v) is 11.5. The van der Waals surface area contributed by atoms with Crippen LogP contribution in [-0.4, -0.2) is 72.7 Å². The summed E-state index contributed by atoms with van der Waals surface area (Å²) in [4.78, 5) is 28.7. The van der Waals surface area contributed by atoms with E-state index in [0.29, 0.717) is 5.75 Å². The molecule has 0 spiro atoms. The molecule has 1 aromatic heterocycles. The first kappa shape index (κ1) is 24.3. The average molecular weight is 489 g/mol. The normalized spacial score (nSPS) is 18.1. The summed E-state index contributed by atoms with van der Waals surface area (Å²) in [6.45, 7) is 5.28. The number of amides is 2. The van der Waals surface area contributed by atoms with Crippen LogP contribution in [0, 0.1) is 0 Å². The molecule has 2 aliphatic heterocycles. The number of ether oxygens (including phenoxy) is 1. The number of anilines is 1. The van der Waals surface area contributed by atoms with Crippen molar-refractivity contribution in [1.29, 1.82) is 0 Å². The quantitative estimate of drug-likeness (QED) is 0.593. The topological polar surface area (TPSA) is 102 Å². The molecule has 1 aromatic carbocycles. The highest BCUT2D eigenvalue weighted by Gasteiger charge is 2.30. The maximum atomic E-state index is 12.7. The Morgan fingerprint density at radius 3 is 2.62 bits per heavy atom. The van der Waals surface area contributed by atoms with Crippen LogP contribution in [0.2, 0.25) is 0 Å². The van der Waals surface area contributed by atoms with Crippen LogP contribution in [0.1, 0.15) is 38.7 Å². The van der Waals surface area contributed by atoms with E-state index >= 15 is 0 Å². The number of aryl methyl sites for hydroxylation is 1. The number of benzene rings is 1. The number of hydrogen-bond donors (Lipinski definition) is 0. The fourth-order valence-electron chi connectivity index (χ4n) is 4.75. The highest BCUT2D eigenvalue weighted by atomic mass is 32.2. The average Bonchev–Trinajstić information content (AvgIpc) is 3.47. The van der Waals surface area contributed by atoms with E-state index in [9.17, 15) is 18.0 Å². The van der Waals surface area contributed by atoms with Crippen molar-refractivity contribution in [2.45, 2.75) is 52.1 Å². The van der Waals surface area contributed by atoms with Gasteiger partial charge in [-0.1, -0.05) is 0 Å². The van der Waals surface area contributed by atoms with Crippen LogP contribution in [0.3, 0.4) is 0 Å². The number of sulfone groups is 1. The van der Waals surface area contributed by atoms with Crippen LogP contribution in [0.5, 0.6) is 5.75 Å². The van der Waals surface area contributed by atoms with E-state index in [0.717, 1.165) is 61.2 Å². The molecule has 34 heavy (non-hydrogen) atoms. The summed E-state index contributed by atoms with van der Waals surface area (Å²) >= 11 is 0. The van der Waals surface area contributed by atoms with Crippen molar-refractivity contribution in [3.63, 3.8) is 0 Å². The van der Waals surface area contributed by atoms with Crippen LogP contribution in [0.25, 0.3) is 11.1 Å². The van der Waals surface area contributed by atoms with E-state index < -0.39 is 9.84 Å². The fraction of sp³-hybridized carbons (Fsp3) is 0.542. The predicted octanol–water partition coefficient (Wildman–Crippen LogP) is 2.28. The van der Waals surface area contributed by atoms with Gasteiger partial charge in [0, 0.05) is 55.2 Å². The number of aromatic nitrogens is 2. The van der Waals surface area contributed by atoms with Gasteiger partial charge in [-0.15, -0.1) is 0 Å². The number of carbonyl (C=O) groups is 2. The fourth-order valence-corrected chi connectivity index (χ4v) is 5.27. The maximum absolute atomic E-state index is 12.7. The van der Waals surface area contributed by atoms with E-state index in [-0.39, 0.29) is 36.8 Å². The lowest BCUT2D eigenvalue weighted by Gasteiger charge is -2.36. The standard InChI is InChI=1S/C24H32N4O5S/c1-17-6-7-21-22(28(17)18(2)29)9-8-20(19-14-25-27(15-19)12-13-34(3,31)32)24(21)33-16-23(30)26-10-4-5-11-26/h8-9,14-15,17H,4-7,10-13,16H2,1-3H3. The van der Waals surface area contributed by atoms with Crippen LogP contribution in [-0.2, 0) is 32.4 Å². The molecule has 0 radical (unpaired) electrons. The number of rotatable bonds is 7. The lowest BCUT2D eigenvalue weighted by molar-refractivity contribution is -0.132. The lowest BCUT2D eigenvalue weighted by Crippen LogP contribution is -2.41. The summed E-state index contributed by atoms with van der Waals surface area (Å²) in [5.74, 6) is 0.509. The van der Waals surface area contributed by atoms with Gasteiger partial charge in [0.25, 0.3) is 5.91 Å². The Kier molecular flexibility index (Phi) is 6.97. The van der Waals surface area contributed by atoms with Crippen molar-refractivity contribution in [2.75, 3.05) is 36.6 Å². The second-order valence-electron chi connectivity index (χ2n) is 9.22. The molecule has 1 saturated heterocycles. The minimum atomic E-state index is -3.11. The molecule has 184 valence electrons.